The second kappa shape index (κ2) is 4.35. The lowest BCUT2D eigenvalue weighted by Gasteiger charge is -1.99. The van der Waals surface area contributed by atoms with Crippen LogP contribution in [0.2, 0.25) is 0 Å². The van der Waals surface area contributed by atoms with Gasteiger partial charge in [0.05, 0.1) is 24.4 Å². The number of nitriles is 1. The van der Waals surface area contributed by atoms with Gasteiger partial charge in [-0.3, -0.25) is 4.99 Å². The van der Waals surface area contributed by atoms with Gasteiger partial charge in [0.1, 0.15) is 0 Å². The first kappa shape index (κ1) is 8.54. The Morgan fingerprint density at radius 1 is 1.67 bits per heavy atom. The van der Waals surface area contributed by atoms with Crippen molar-refractivity contribution in [1.29, 1.82) is 5.26 Å². The van der Waals surface area contributed by atoms with Crippen molar-refractivity contribution in [2.24, 2.45) is 10.9 Å². The molecule has 0 radical (unpaired) electrons. The van der Waals surface area contributed by atoms with E-state index in [1.54, 1.807) is 6.20 Å². The minimum Gasteiger partial charge on any atom is -0.351 e. The van der Waals surface area contributed by atoms with E-state index in [2.05, 4.69) is 16.4 Å². The van der Waals surface area contributed by atoms with E-state index in [0.29, 0.717) is 6.54 Å². The standard InChI is InChI=1S/C9H11N3/c1-8-11-5-3-2-4-9(6-10)7-12-8/h2-5,9H,7H2,1H3,(H,11,12)/b4-2+,5-3-. The molecular formula is C9H11N3. The van der Waals surface area contributed by atoms with Crippen molar-refractivity contribution >= 4 is 5.84 Å². The summed E-state index contributed by atoms with van der Waals surface area (Å²) < 4.78 is 0. The van der Waals surface area contributed by atoms with Crippen molar-refractivity contribution < 1.29 is 0 Å². The number of nitrogens with zero attached hydrogens (tertiary/aromatic N) is 2. The quantitative estimate of drug-likeness (QED) is 0.580. The Hall–Kier alpha value is -1.56. The molecule has 0 aliphatic carbocycles. The molecule has 0 amide bonds. The van der Waals surface area contributed by atoms with E-state index in [1.165, 1.54) is 0 Å². The minimum atomic E-state index is -0.107. The summed E-state index contributed by atoms with van der Waals surface area (Å²) in [5.41, 5.74) is 0. The highest BCUT2D eigenvalue weighted by molar-refractivity contribution is 5.80. The van der Waals surface area contributed by atoms with E-state index in [-0.39, 0.29) is 5.92 Å². The molecule has 0 aromatic rings. The Balaban J connectivity index is 2.72. The normalized spacial score (nSPS) is 28.0. The number of aliphatic imine (C=N–C) groups is 1. The lowest BCUT2D eigenvalue weighted by molar-refractivity contribution is 0.832. The fourth-order valence-corrected chi connectivity index (χ4v) is 0.848. The molecule has 0 saturated carbocycles. The summed E-state index contributed by atoms with van der Waals surface area (Å²) in [6, 6.07) is 2.16. The van der Waals surface area contributed by atoms with Crippen LogP contribution in [0.15, 0.2) is 29.4 Å². The van der Waals surface area contributed by atoms with Crippen LogP contribution >= 0.6 is 0 Å². The number of hydrogen-bond donors (Lipinski definition) is 1. The maximum atomic E-state index is 8.67. The van der Waals surface area contributed by atoms with E-state index in [4.69, 9.17) is 5.26 Å². The van der Waals surface area contributed by atoms with Gasteiger partial charge in [-0.1, -0.05) is 12.2 Å². The Morgan fingerprint density at radius 3 is 3.25 bits per heavy atom. The highest BCUT2D eigenvalue weighted by Gasteiger charge is 2.00. The lowest BCUT2D eigenvalue weighted by atomic mass is 10.1. The van der Waals surface area contributed by atoms with Crippen LogP contribution in [0.1, 0.15) is 6.92 Å². The molecule has 1 unspecified atom stereocenters. The monoisotopic (exact) mass is 161 g/mol. The first-order valence-corrected chi connectivity index (χ1v) is 3.83. The van der Waals surface area contributed by atoms with Gasteiger partial charge in [0, 0.05) is 6.20 Å². The Kier molecular flexibility index (Phi) is 3.09. The summed E-state index contributed by atoms with van der Waals surface area (Å²) in [5, 5.41) is 11.6. The Morgan fingerprint density at radius 2 is 2.50 bits per heavy atom. The third kappa shape index (κ3) is 2.59. The molecular weight excluding hydrogens is 150 g/mol. The Bertz CT molecular complexity index is 268. The van der Waals surface area contributed by atoms with Gasteiger partial charge in [-0.25, -0.2) is 0 Å². The summed E-state index contributed by atoms with van der Waals surface area (Å²) in [6.07, 6.45) is 7.36. The molecule has 1 rings (SSSR count). The van der Waals surface area contributed by atoms with Crippen molar-refractivity contribution in [3.63, 3.8) is 0 Å². The minimum absolute atomic E-state index is 0.107. The van der Waals surface area contributed by atoms with Gasteiger partial charge in [-0.15, -0.1) is 0 Å². The maximum absolute atomic E-state index is 8.67. The van der Waals surface area contributed by atoms with Gasteiger partial charge in [-0.2, -0.15) is 5.26 Å². The first-order valence-electron chi connectivity index (χ1n) is 3.83. The van der Waals surface area contributed by atoms with Crippen LogP contribution < -0.4 is 5.32 Å². The van der Waals surface area contributed by atoms with Gasteiger partial charge in [0.2, 0.25) is 0 Å². The third-order valence-electron chi connectivity index (χ3n) is 1.53. The molecule has 62 valence electrons. The van der Waals surface area contributed by atoms with Gasteiger partial charge in [0.15, 0.2) is 0 Å². The lowest BCUT2D eigenvalue weighted by Crippen LogP contribution is -2.13. The van der Waals surface area contributed by atoms with E-state index in [1.807, 2.05) is 25.2 Å². The van der Waals surface area contributed by atoms with E-state index < -0.39 is 0 Å². The number of amidine groups is 1. The molecule has 12 heavy (non-hydrogen) atoms. The largest absolute Gasteiger partial charge is 0.351 e. The zero-order valence-electron chi connectivity index (χ0n) is 6.99. The summed E-state index contributed by atoms with van der Waals surface area (Å²) in [7, 11) is 0. The number of hydrogen-bond acceptors (Lipinski definition) is 3. The van der Waals surface area contributed by atoms with Gasteiger partial charge in [-0.05, 0) is 13.0 Å². The molecule has 1 aliphatic rings. The van der Waals surface area contributed by atoms with Crippen molar-refractivity contribution in [3.8, 4) is 6.07 Å². The van der Waals surface area contributed by atoms with Crippen LogP contribution in [-0.2, 0) is 0 Å². The topological polar surface area (TPSA) is 48.2 Å². The van der Waals surface area contributed by atoms with Crippen molar-refractivity contribution in [1.82, 2.24) is 5.32 Å². The highest BCUT2D eigenvalue weighted by Crippen LogP contribution is 1.99. The molecule has 1 N–H and O–H groups in total. The second-order valence-electron chi connectivity index (χ2n) is 2.55. The molecule has 0 aromatic carbocycles. The Labute approximate surface area is 72.1 Å². The average Bonchev–Trinajstić information content (AvgIpc) is 2.17. The second-order valence-corrected chi connectivity index (χ2v) is 2.55. The zero-order valence-corrected chi connectivity index (χ0v) is 6.99. The summed E-state index contributed by atoms with van der Waals surface area (Å²) in [5.74, 6) is 0.736. The molecule has 1 atom stereocenters. The van der Waals surface area contributed by atoms with E-state index in [0.717, 1.165) is 5.84 Å². The predicted molar refractivity (Wildman–Crippen MR) is 48.5 cm³/mol. The van der Waals surface area contributed by atoms with Crippen LogP contribution in [0.3, 0.4) is 0 Å². The zero-order chi connectivity index (χ0) is 8.81. The summed E-state index contributed by atoms with van der Waals surface area (Å²) in [4.78, 5) is 4.18. The number of allylic oxidation sites excluding steroid dienone is 2. The molecule has 0 bridgehead atoms. The van der Waals surface area contributed by atoms with Crippen LogP contribution in [0.25, 0.3) is 0 Å². The molecule has 1 aliphatic heterocycles. The first-order chi connectivity index (χ1) is 5.83. The van der Waals surface area contributed by atoms with Crippen molar-refractivity contribution in [2.75, 3.05) is 6.54 Å². The molecule has 3 heteroatoms. The molecule has 0 spiro atoms. The fourth-order valence-electron chi connectivity index (χ4n) is 0.848. The van der Waals surface area contributed by atoms with Gasteiger partial charge >= 0.3 is 0 Å². The van der Waals surface area contributed by atoms with Crippen LogP contribution in [0.4, 0.5) is 0 Å². The summed E-state index contributed by atoms with van der Waals surface area (Å²) >= 11 is 0. The number of rotatable bonds is 0. The number of nitrogens with one attached hydrogen (secondary N) is 1. The highest BCUT2D eigenvalue weighted by atomic mass is 15.0. The molecule has 0 fully saturated rings. The molecule has 3 nitrogen and oxygen atoms in total. The third-order valence-corrected chi connectivity index (χ3v) is 1.53. The van der Waals surface area contributed by atoms with Crippen molar-refractivity contribution in [3.05, 3.63) is 24.4 Å². The smallest absolute Gasteiger partial charge is 0.0971 e. The molecule has 0 saturated heterocycles. The van der Waals surface area contributed by atoms with Gasteiger partial charge < -0.3 is 5.32 Å². The van der Waals surface area contributed by atoms with Gasteiger partial charge in [0.25, 0.3) is 0 Å². The predicted octanol–water partition coefficient (Wildman–Crippen LogP) is 1.22. The van der Waals surface area contributed by atoms with Crippen molar-refractivity contribution in [2.45, 2.75) is 6.92 Å². The molecule has 1 heterocycles. The summed E-state index contributed by atoms with van der Waals surface area (Å²) in [6.45, 7) is 2.41. The van der Waals surface area contributed by atoms with E-state index in [9.17, 15) is 0 Å². The van der Waals surface area contributed by atoms with Crippen LogP contribution in [0.5, 0.6) is 0 Å². The fraction of sp³-hybridized carbons (Fsp3) is 0.333. The van der Waals surface area contributed by atoms with E-state index >= 15 is 0 Å². The van der Waals surface area contributed by atoms with Crippen LogP contribution in [0, 0.1) is 17.2 Å². The SMILES string of the molecule is CC1=NCC(C#N)/C=C/C=C\N1. The maximum Gasteiger partial charge on any atom is 0.0971 e. The molecule has 0 aromatic heterocycles. The average molecular weight is 161 g/mol. The van der Waals surface area contributed by atoms with Crippen LogP contribution in [-0.4, -0.2) is 12.4 Å².